The van der Waals surface area contributed by atoms with Gasteiger partial charge in [-0.1, -0.05) is 32.9 Å². The fraction of sp³-hybridized carbons (Fsp3) is 0.385. The molecule has 1 unspecified atom stereocenters. The number of carboxylic acids is 1. The molecule has 0 saturated carbocycles. The van der Waals surface area contributed by atoms with Gasteiger partial charge in [-0.05, 0) is 40.1 Å². The van der Waals surface area contributed by atoms with Crippen LogP contribution in [0.5, 0.6) is 0 Å². The van der Waals surface area contributed by atoms with Crippen LogP contribution in [0.25, 0.3) is 0 Å². The Morgan fingerprint density at radius 3 is 2.28 bits per heavy atom. The monoisotopic (exact) mass is 361 g/mol. The van der Waals surface area contributed by atoms with Crippen LogP contribution in [0, 0.1) is 8.99 Å². The zero-order chi connectivity index (χ0) is 13.9. The Morgan fingerprint density at radius 2 is 1.83 bits per heavy atom. The van der Waals surface area contributed by atoms with Gasteiger partial charge in [-0.25, -0.2) is 4.79 Å². The summed E-state index contributed by atoms with van der Waals surface area (Å²) in [6, 6.07) is 6.16. The number of nitrogens with one attached hydrogen (secondary N) is 1. The molecule has 0 radical (unpaired) electrons. The summed E-state index contributed by atoms with van der Waals surface area (Å²) in [5.74, 6) is -1.39. The predicted octanol–water partition coefficient (Wildman–Crippen LogP) is 2.52. The van der Waals surface area contributed by atoms with Crippen molar-refractivity contribution in [3.05, 3.63) is 33.4 Å². The third-order valence-corrected chi connectivity index (χ3v) is 3.45. The molecule has 1 rings (SSSR count). The van der Waals surface area contributed by atoms with E-state index in [1.165, 1.54) is 0 Å². The average Bonchev–Trinajstić information content (AvgIpc) is 2.24. The van der Waals surface area contributed by atoms with Gasteiger partial charge in [0.15, 0.2) is 0 Å². The maximum Gasteiger partial charge on any atom is 0.326 e. The molecule has 4 nitrogen and oxygen atoms in total. The zero-order valence-corrected chi connectivity index (χ0v) is 12.7. The van der Waals surface area contributed by atoms with Crippen LogP contribution in [0.4, 0.5) is 0 Å². The summed E-state index contributed by atoms with van der Waals surface area (Å²) in [6.07, 6.45) is 0. The summed E-state index contributed by atoms with van der Waals surface area (Å²) < 4.78 is 0.797. The van der Waals surface area contributed by atoms with E-state index in [9.17, 15) is 9.59 Å². The topological polar surface area (TPSA) is 66.4 Å². The van der Waals surface area contributed by atoms with Gasteiger partial charge < -0.3 is 10.4 Å². The van der Waals surface area contributed by atoms with Crippen molar-refractivity contribution in [2.75, 3.05) is 0 Å². The number of hydrogen-bond donors (Lipinski definition) is 2. The molecule has 98 valence electrons. The number of hydrogen-bond acceptors (Lipinski definition) is 2. The van der Waals surface area contributed by atoms with Crippen LogP contribution in [-0.4, -0.2) is 23.0 Å². The SMILES string of the molecule is CC(C)(C)C(NC(=O)c1ccccc1I)C(=O)O. The number of carboxylic acid groups (broad SMARTS) is 1. The van der Waals surface area contributed by atoms with Crippen molar-refractivity contribution in [1.29, 1.82) is 0 Å². The van der Waals surface area contributed by atoms with Crippen molar-refractivity contribution in [3.8, 4) is 0 Å². The van der Waals surface area contributed by atoms with E-state index in [4.69, 9.17) is 5.11 Å². The summed E-state index contributed by atoms with van der Waals surface area (Å²) in [5, 5.41) is 11.7. The second kappa shape index (κ2) is 5.69. The van der Waals surface area contributed by atoms with Crippen molar-refractivity contribution < 1.29 is 14.7 Å². The summed E-state index contributed by atoms with van der Waals surface area (Å²) >= 11 is 2.05. The first kappa shape index (κ1) is 14.9. The predicted molar refractivity (Wildman–Crippen MR) is 77.5 cm³/mol. The van der Waals surface area contributed by atoms with E-state index in [1.807, 2.05) is 12.1 Å². The standard InChI is InChI=1S/C13H16INO3/c1-13(2,3)10(12(17)18)15-11(16)8-6-4-5-7-9(8)14/h4-7,10H,1-3H3,(H,15,16)(H,17,18). The lowest BCUT2D eigenvalue weighted by Gasteiger charge is -2.27. The van der Waals surface area contributed by atoms with Gasteiger partial charge in [-0.3, -0.25) is 4.79 Å². The Kier molecular flexibility index (Phi) is 4.72. The number of benzene rings is 1. The van der Waals surface area contributed by atoms with E-state index >= 15 is 0 Å². The van der Waals surface area contributed by atoms with Gasteiger partial charge in [-0.15, -0.1) is 0 Å². The molecule has 1 atom stereocenters. The third-order valence-electron chi connectivity index (χ3n) is 2.51. The number of aliphatic carboxylic acids is 1. The molecule has 0 fully saturated rings. The lowest BCUT2D eigenvalue weighted by molar-refractivity contribution is -0.142. The van der Waals surface area contributed by atoms with E-state index in [0.717, 1.165) is 3.57 Å². The molecule has 1 aromatic rings. The van der Waals surface area contributed by atoms with Crippen LogP contribution >= 0.6 is 22.6 Å². The summed E-state index contributed by atoms with van der Waals surface area (Å²) in [4.78, 5) is 23.2. The first-order valence-corrected chi connectivity index (χ1v) is 6.59. The number of halogens is 1. The summed E-state index contributed by atoms with van der Waals surface area (Å²) in [5.41, 5.74) is -0.0459. The second-order valence-electron chi connectivity index (χ2n) is 5.09. The Morgan fingerprint density at radius 1 is 1.28 bits per heavy atom. The highest BCUT2D eigenvalue weighted by Crippen LogP contribution is 2.20. The van der Waals surface area contributed by atoms with Gasteiger partial charge in [0.05, 0.1) is 5.56 Å². The highest BCUT2D eigenvalue weighted by Gasteiger charge is 2.33. The number of carbonyl (C=O) groups is 2. The summed E-state index contributed by atoms with van der Waals surface area (Å²) in [7, 11) is 0. The van der Waals surface area contributed by atoms with Crippen LogP contribution in [0.15, 0.2) is 24.3 Å². The van der Waals surface area contributed by atoms with Crippen molar-refractivity contribution >= 4 is 34.5 Å². The van der Waals surface area contributed by atoms with Crippen LogP contribution in [-0.2, 0) is 4.79 Å². The molecule has 5 heteroatoms. The lowest BCUT2D eigenvalue weighted by atomic mass is 9.86. The van der Waals surface area contributed by atoms with Crippen LogP contribution < -0.4 is 5.32 Å². The minimum Gasteiger partial charge on any atom is -0.480 e. The van der Waals surface area contributed by atoms with Crippen molar-refractivity contribution in [2.45, 2.75) is 26.8 Å². The van der Waals surface area contributed by atoms with E-state index in [1.54, 1.807) is 32.9 Å². The number of carbonyl (C=O) groups excluding carboxylic acids is 1. The summed E-state index contributed by atoms with van der Waals surface area (Å²) in [6.45, 7) is 5.34. The molecular weight excluding hydrogens is 345 g/mol. The third kappa shape index (κ3) is 3.69. The fourth-order valence-electron chi connectivity index (χ4n) is 1.50. The molecule has 0 aliphatic heterocycles. The minimum atomic E-state index is -1.03. The molecule has 1 amide bonds. The maximum atomic E-state index is 12.0. The van der Waals surface area contributed by atoms with Gasteiger partial charge in [0.25, 0.3) is 5.91 Å². The van der Waals surface area contributed by atoms with E-state index in [2.05, 4.69) is 27.9 Å². The molecule has 0 aromatic heterocycles. The Bertz CT molecular complexity index is 466. The van der Waals surface area contributed by atoms with Gasteiger partial charge in [0, 0.05) is 3.57 Å². The van der Waals surface area contributed by atoms with Crippen LogP contribution in [0.1, 0.15) is 31.1 Å². The average molecular weight is 361 g/mol. The first-order valence-electron chi connectivity index (χ1n) is 5.51. The largest absolute Gasteiger partial charge is 0.480 e. The molecule has 0 aliphatic rings. The molecular formula is C13H16INO3. The quantitative estimate of drug-likeness (QED) is 0.814. The van der Waals surface area contributed by atoms with Gasteiger partial charge >= 0.3 is 5.97 Å². The fourth-order valence-corrected chi connectivity index (χ4v) is 2.14. The smallest absolute Gasteiger partial charge is 0.326 e. The molecule has 0 heterocycles. The van der Waals surface area contributed by atoms with E-state index < -0.39 is 17.4 Å². The van der Waals surface area contributed by atoms with E-state index in [-0.39, 0.29) is 5.91 Å². The van der Waals surface area contributed by atoms with Gasteiger partial charge in [0.2, 0.25) is 0 Å². The molecule has 0 aliphatic carbocycles. The van der Waals surface area contributed by atoms with Crippen molar-refractivity contribution in [2.24, 2.45) is 5.41 Å². The Balaban J connectivity index is 2.93. The molecule has 0 saturated heterocycles. The molecule has 0 bridgehead atoms. The van der Waals surface area contributed by atoms with E-state index in [0.29, 0.717) is 5.56 Å². The lowest BCUT2D eigenvalue weighted by Crippen LogP contribution is -2.49. The highest BCUT2D eigenvalue weighted by atomic mass is 127. The Labute approximate surface area is 120 Å². The first-order chi connectivity index (χ1) is 8.23. The highest BCUT2D eigenvalue weighted by molar-refractivity contribution is 14.1. The van der Waals surface area contributed by atoms with Crippen molar-refractivity contribution in [1.82, 2.24) is 5.32 Å². The maximum absolute atomic E-state index is 12.0. The zero-order valence-electron chi connectivity index (χ0n) is 10.5. The second-order valence-corrected chi connectivity index (χ2v) is 6.25. The molecule has 0 spiro atoms. The Hall–Kier alpha value is -1.11. The molecule has 1 aromatic carbocycles. The molecule has 18 heavy (non-hydrogen) atoms. The molecule has 2 N–H and O–H groups in total. The van der Waals surface area contributed by atoms with Crippen LogP contribution in [0.3, 0.4) is 0 Å². The van der Waals surface area contributed by atoms with Crippen molar-refractivity contribution in [3.63, 3.8) is 0 Å². The van der Waals surface area contributed by atoms with Gasteiger partial charge in [-0.2, -0.15) is 0 Å². The number of rotatable bonds is 3. The normalized spacial score (nSPS) is 12.9. The number of amides is 1. The van der Waals surface area contributed by atoms with Gasteiger partial charge in [0.1, 0.15) is 6.04 Å². The van der Waals surface area contributed by atoms with Crippen LogP contribution in [0.2, 0.25) is 0 Å². The minimum absolute atomic E-state index is 0.359.